The summed E-state index contributed by atoms with van der Waals surface area (Å²) in [6, 6.07) is 13.5. The average Bonchev–Trinajstić information content (AvgIpc) is 3.43. The van der Waals surface area contributed by atoms with E-state index in [2.05, 4.69) is 5.32 Å². The molecule has 1 aliphatic rings. The Labute approximate surface area is 140 Å². The number of nitrogens with one attached hydrogen (secondary N) is 1. The Bertz CT molecular complexity index is 735. The lowest BCUT2D eigenvalue weighted by Gasteiger charge is -2.12. The molecule has 0 radical (unpaired) electrons. The summed E-state index contributed by atoms with van der Waals surface area (Å²) >= 11 is 0. The molecule has 124 valence electrons. The molecule has 2 aromatic carbocycles. The maximum Gasteiger partial charge on any atom is 0.335 e. The van der Waals surface area contributed by atoms with Crippen LogP contribution in [0, 0.1) is 5.92 Å². The topological polar surface area (TPSA) is 75.6 Å². The van der Waals surface area contributed by atoms with Crippen LogP contribution in [0.5, 0.6) is 5.75 Å². The fraction of sp³-hybridized carbons (Fsp3) is 0.263. The van der Waals surface area contributed by atoms with Gasteiger partial charge in [-0.05, 0) is 49.1 Å². The Hall–Kier alpha value is -2.82. The van der Waals surface area contributed by atoms with Crippen LogP contribution >= 0.6 is 0 Å². The van der Waals surface area contributed by atoms with E-state index in [1.165, 1.54) is 37.1 Å². The lowest BCUT2D eigenvalue weighted by molar-refractivity contribution is 0.0696. The fourth-order valence-electron chi connectivity index (χ4n) is 2.32. The minimum absolute atomic E-state index is 0.158. The monoisotopic (exact) mass is 325 g/mol. The zero-order valence-electron chi connectivity index (χ0n) is 13.2. The highest BCUT2D eigenvalue weighted by Gasteiger charge is 2.22. The highest BCUT2D eigenvalue weighted by atomic mass is 16.5. The number of carboxylic acid groups (broad SMARTS) is 1. The largest absolute Gasteiger partial charge is 0.493 e. The molecule has 1 fully saturated rings. The summed E-state index contributed by atoms with van der Waals surface area (Å²) in [6.07, 6.45) is 2.45. The van der Waals surface area contributed by atoms with Gasteiger partial charge in [0.05, 0.1) is 12.2 Å². The number of amides is 1. The lowest BCUT2D eigenvalue weighted by atomic mass is 10.1. The van der Waals surface area contributed by atoms with Gasteiger partial charge in [0, 0.05) is 17.7 Å². The van der Waals surface area contributed by atoms with Crippen molar-refractivity contribution >= 4 is 11.9 Å². The van der Waals surface area contributed by atoms with E-state index >= 15 is 0 Å². The summed E-state index contributed by atoms with van der Waals surface area (Å²) in [6.45, 7) is 1.09. The van der Waals surface area contributed by atoms with Crippen LogP contribution in [-0.2, 0) is 6.54 Å². The van der Waals surface area contributed by atoms with Crippen molar-refractivity contribution in [2.45, 2.75) is 19.4 Å². The maximum atomic E-state index is 12.2. The van der Waals surface area contributed by atoms with Gasteiger partial charge in [-0.1, -0.05) is 18.2 Å². The molecule has 24 heavy (non-hydrogen) atoms. The van der Waals surface area contributed by atoms with Gasteiger partial charge in [0.25, 0.3) is 5.91 Å². The molecule has 1 amide bonds. The number of aromatic carboxylic acids is 1. The summed E-state index contributed by atoms with van der Waals surface area (Å²) in [5.74, 6) is 0.207. The van der Waals surface area contributed by atoms with Crippen molar-refractivity contribution in [3.05, 3.63) is 65.2 Å². The van der Waals surface area contributed by atoms with Crippen molar-refractivity contribution < 1.29 is 19.4 Å². The highest BCUT2D eigenvalue weighted by Crippen LogP contribution is 2.30. The third kappa shape index (κ3) is 4.13. The van der Waals surface area contributed by atoms with Gasteiger partial charge in [-0.25, -0.2) is 4.79 Å². The first-order valence-corrected chi connectivity index (χ1v) is 7.96. The number of rotatable bonds is 7. The van der Waals surface area contributed by atoms with E-state index in [0.29, 0.717) is 18.0 Å². The number of carbonyl (C=O) groups is 2. The van der Waals surface area contributed by atoms with Crippen LogP contribution in [0.1, 0.15) is 39.1 Å². The van der Waals surface area contributed by atoms with E-state index in [1.807, 2.05) is 24.3 Å². The number of ether oxygens (including phenoxy) is 1. The molecule has 0 saturated heterocycles. The Kier molecular flexibility index (Phi) is 4.79. The number of benzene rings is 2. The zero-order valence-corrected chi connectivity index (χ0v) is 13.2. The van der Waals surface area contributed by atoms with Gasteiger partial charge in [0.15, 0.2) is 0 Å². The summed E-state index contributed by atoms with van der Waals surface area (Å²) in [5.41, 5.74) is 1.51. The van der Waals surface area contributed by atoms with Gasteiger partial charge in [-0.3, -0.25) is 4.79 Å². The minimum atomic E-state index is -1.01. The normalized spacial score (nSPS) is 13.3. The number of hydrogen-bond donors (Lipinski definition) is 2. The first-order valence-electron chi connectivity index (χ1n) is 7.96. The third-order valence-electron chi connectivity index (χ3n) is 3.98. The molecule has 2 N–H and O–H groups in total. The van der Waals surface area contributed by atoms with Crippen LogP contribution in [0.3, 0.4) is 0 Å². The SMILES string of the molecule is O=C(O)c1ccc(C(=O)NCc2ccccc2OCC2CC2)cc1. The smallest absolute Gasteiger partial charge is 0.335 e. The van der Waals surface area contributed by atoms with E-state index in [1.54, 1.807) is 0 Å². The van der Waals surface area contributed by atoms with Crippen LogP contribution in [0.2, 0.25) is 0 Å². The molecular formula is C19H19NO4. The van der Waals surface area contributed by atoms with Gasteiger partial charge in [-0.15, -0.1) is 0 Å². The van der Waals surface area contributed by atoms with Crippen molar-refractivity contribution in [2.24, 2.45) is 5.92 Å². The van der Waals surface area contributed by atoms with Crippen molar-refractivity contribution in [1.82, 2.24) is 5.32 Å². The van der Waals surface area contributed by atoms with Crippen LogP contribution in [0.25, 0.3) is 0 Å². The second kappa shape index (κ2) is 7.17. The van der Waals surface area contributed by atoms with Gasteiger partial charge in [0.1, 0.15) is 5.75 Å². The van der Waals surface area contributed by atoms with Gasteiger partial charge < -0.3 is 15.2 Å². The van der Waals surface area contributed by atoms with Gasteiger partial charge >= 0.3 is 5.97 Å². The van der Waals surface area contributed by atoms with Crippen molar-refractivity contribution in [3.63, 3.8) is 0 Å². The number of carboxylic acids is 1. The first-order chi connectivity index (χ1) is 11.6. The molecule has 3 rings (SSSR count). The zero-order chi connectivity index (χ0) is 16.9. The molecule has 5 nitrogen and oxygen atoms in total. The van der Waals surface area contributed by atoms with Gasteiger partial charge in [-0.2, -0.15) is 0 Å². The predicted octanol–water partition coefficient (Wildman–Crippen LogP) is 3.10. The minimum Gasteiger partial charge on any atom is -0.493 e. The Morgan fingerprint density at radius 2 is 1.71 bits per heavy atom. The average molecular weight is 325 g/mol. The van der Waals surface area contributed by atoms with Crippen LogP contribution in [-0.4, -0.2) is 23.6 Å². The highest BCUT2D eigenvalue weighted by molar-refractivity contribution is 5.95. The van der Waals surface area contributed by atoms with Gasteiger partial charge in [0.2, 0.25) is 0 Å². The van der Waals surface area contributed by atoms with Crippen LogP contribution < -0.4 is 10.1 Å². The molecule has 1 saturated carbocycles. The second-order valence-electron chi connectivity index (χ2n) is 5.93. The number of carbonyl (C=O) groups excluding carboxylic acids is 1. The quantitative estimate of drug-likeness (QED) is 0.820. The second-order valence-corrected chi connectivity index (χ2v) is 5.93. The standard InChI is InChI=1S/C19H19NO4/c21-18(14-7-9-15(10-8-14)19(22)23)20-11-16-3-1-2-4-17(16)24-12-13-5-6-13/h1-4,7-10,13H,5-6,11-12H2,(H,20,21)(H,22,23). The van der Waals surface area contributed by atoms with Crippen molar-refractivity contribution in [1.29, 1.82) is 0 Å². The molecule has 2 aromatic rings. The van der Waals surface area contributed by atoms with Crippen LogP contribution in [0.4, 0.5) is 0 Å². The predicted molar refractivity (Wildman–Crippen MR) is 89.2 cm³/mol. The molecule has 0 aliphatic heterocycles. The van der Waals surface area contributed by atoms with E-state index in [-0.39, 0.29) is 11.5 Å². The summed E-state index contributed by atoms with van der Waals surface area (Å²) < 4.78 is 5.82. The van der Waals surface area contributed by atoms with Crippen molar-refractivity contribution in [2.75, 3.05) is 6.61 Å². The lowest BCUT2D eigenvalue weighted by Crippen LogP contribution is -2.23. The molecule has 0 atom stereocenters. The Morgan fingerprint density at radius 1 is 1.04 bits per heavy atom. The van der Waals surface area contributed by atoms with E-state index in [0.717, 1.165) is 17.9 Å². The van der Waals surface area contributed by atoms with E-state index in [4.69, 9.17) is 9.84 Å². The van der Waals surface area contributed by atoms with Crippen molar-refractivity contribution in [3.8, 4) is 5.75 Å². The number of hydrogen-bond acceptors (Lipinski definition) is 3. The summed E-state index contributed by atoms with van der Waals surface area (Å²) in [4.78, 5) is 23.0. The molecule has 0 unspecified atom stereocenters. The molecule has 0 heterocycles. The molecule has 0 aromatic heterocycles. The number of para-hydroxylation sites is 1. The summed E-state index contributed by atoms with van der Waals surface area (Å²) in [7, 11) is 0. The Balaban J connectivity index is 1.60. The molecule has 0 bridgehead atoms. The summed E-state index contributed by atoms with van der Waals surface area (Å²) in [5, 5.41) is 11.7. The molecule has 0 spiro atoms. The van der Waals surface area contributed by atoms with Crippen LogP contribution in [0.15, 0.2) is 48.5 Å². The molecule has 1 aliphatic carbocycles. The fourth-order valence-corrected chi connectivity index (χ4v) is 2.32. The molecule has 5 heteroatoms. The Morgan fingerprint density at radius 3 is 2.38 bits per heavy atom. The first kappa shape index (κ1) is 16.1. The third-order valence-corrected chi connectivity index (χ3v) is 3.98. The van der Waals surface area contributed by atoms with E-state index in [9.17, 15) is 9.59 Å². The molecular weight excluding hydrogens is 306 g/mol. The maximum absolute atomic E-state index is 12.2. The van der Waals surface area contributed by atoms with E-state index < -0.39 is 5.97 Å².